The molecule has 0 spiro atoms. The first kappa shape index (κ1) is 67.6. The zero-order valence-corrected chi connectivity index (χ0v) is 46.7. The third kappa shape index (κ3) is 57.4. The predicted octanol–water partition coefficient (Wildman–Crippen LogP) is 20.3. The van der Waals surface area contributed by atoms with Crippen LogP contribution in [0.3, 0.4) is 0 Å². The molecule has 1 unspecified atom stereocenters. The summed E-state index contributed by atoms with van der Waals surface area (Å²) in [7, 11) is 0. The highest BCUT2D eigenvalue weighted by molar-refractivity contribution is 5.71. The molecule has 0 aliphatic carbocycles. The number of carbonyl (C=O) groups is 3. The van der Waals surface area contributed by atoms with Crippen LogP contribution in [0, 0.1) is 0 Å². The molecule has 0 rings (SSSR count). The molecule has 0 saturated heterocycles. The molecule has 0 aromatic heterocycles. The Bertz CT molecular complexity index is 1370. The number of hydrogen-bond donors (Lipinski definition) is 0. The third-order valence-electron chi connectivity index (χ3n) is 12.9. The molecule has 0 aromatic carbocycles. The van der Waals surface area contributed by atoms with E-state index < -0.39 is 6.10 Å². The van der Waals surface area contributed by atoms with Crippen molar-refractivity contribution in [1.82, 2.24) is 0 Å². The minimum absolute atomic E-state index is 0.0883. The predicted molar refractivity (Wildman–Crippen MR) is 307 cm³/mol. The number of rotatable bonds is 54. The van der Waals surface area contributed by atoms with E-state index in [1.165, 1.54) is 148 Å². The van der Waals surface area contributed by atoms with E-state index in [0.29, 0.717) is 19.3 Å². The first-order chi connectivity index (χ1) is 35.0. The molecule has 408 valence electrons. The van der Waals surface area contributed by atoms with Gasteiger partial charge in [-0.05, 0) is 96.3 Å². The van der Waals surface area contributed by atoms with Crippen LogP contribution < -0.4 is 0 Å². The Hall–Kier alpha value is -3.41. The molecular weight excluding hydrogens is 877 g/mol. The van der Waals surface area contributed by atoms with Gasteiger partial charge in [-0.2, -0.15) is 0 Å². The Kier molecular flexibility index (Phi) is 56.3. The standard InChI is InChI=1S/C65H112O6/c1-4-7-10-13-16-19-21-23-25-27-29-30-31-32-33-34-36-37-39-41-43-46-49-52-55-58-64(67)70-61-62(60-69-63(66)57-54-51-48-45-18-15-12-9-6-3)71-65(68)59-56-53-50-47-44-42-40-38-35-28-26-24-22-20-17-14-11-8-5-2/h8,11,17,20-21,23-24,26-27,29,35,38,42,44,62H,4-7,9-10,12-16,18-19,22,25,28,30-34,36-37,39-41,43,45-61H2,1-3H3/b11-8-,20-17-,23-21-,26-24-,29-27-,38-35-,44-42-. The van der Waals surface area contributed by atoms with Crippen LogP contribution in [0.5, 0.6) is 0 Å². The monoisotopic (exact) mass is 989 g/mol. The summed E-state index contributed by atoms with van der Waals surface area (Å²) in [5, 5.41) is 0. The van der Waals surface area contributed by atoms with E-state index in [1.54, 1.807) is 0 Å². The number of allylic oxidation sites excluding steroid dienone is 14. The zero-order valence-electron chi connectivity index (χ0n) is 46.7. The van der Waals surface area contributed by atoms with E-state index >= 15 is 0 Å². The summed E-state index contributed by atoms with van der Waals surface area (Å²) >= 11 is 0. The van der Waals surface area contributed by atoms with Crippen molar-refractivity contribution in [3.8, 4) is 0 Å². The van der Waals surface area contributed by atoms with Crippen LogP contribution in [0.25, 0.3) is 0 Å². The van der Waals surface area contributed by atoms with Crippen molar-refractivity contribution in [2.45, 2.75) is 297 Å². The quantitative estimate of drug-likeness (QED) is 0.0261. The van der Waals surface area contributed by atoms with Crippen LogP contribution in [-0.2, 0) is 28.6 Å². The Labute approximate surface area is 439 Å². The maximum Gasteiger partial charge on any atom is 0.306 e. The number of unbranched alkanes of at least 4 members (excludes halogenated alkanes) is 29. The third-order valence-corrected chi connectivity index (χ3v) is 12.9. The Morgan fingerprint density at radius 2 is 0.549 bits per heavy atom. The normalized spacial score (nSPS) is 12.7. The lowest BCUT2D eigenvalue weighted by molar-refractivity contribution is -0.167. The Balaban J connectivity index is 4.27. The number of hydrogen-bond acceptors (Lipinski definition) is 6. The van der Waals surface area contributed by atoms with Gasteiger partial charge in [-0.25, -0.2) is 0 Å². The minimum Gasteiger partial charge on any atom is -0.462 e. The average molecular weight is 990 g/mol. The van der Waals surface area contributed by atoms with E-state index in [0.717, 1.165) is 103 Å². The molecule has 0 bridgehead atoms. The van der Waals surface area contributed by atoms with Crippen molar-refractivity contribution in [2.24, 2.45) is 0 Å². The van der Waals surface area contributed by atoms with Gasteiger partial charge >= 0.3 is 17.9 Å². The van der Waals surface area contributed by atoms with Gasteiger partial charge in [-0.1, -0.05) is 260 Å². The van der Waals surface area contributed by atoms with E-state index in [2.05, 4.69) is 106 Å². The molecule has 0 fully saturated rings. The first-order valence-corrected chi connectivity index (χ1v) is 30.1. The molecule has 0 saturated carbocycles. The molecule has 0 aliphatic rings. The fraction of sp³-hybridized carbons (Fsp3) is 0.738. The van der Waals surface area contributed by atoms with E-state index in [1.807, 2.05) is 0 Å². The summed E-state index contributed by atoms with van der Waals surface area (Å²) in [6, 6.07) is 0. The molecule has 1 atom stereocenters. The van der Waals surface area contributed by atoms with Gasteiger partial charge in [-0.3, -0.25) is 14.4 Å². The largest absolute Gasteiger partial charge is 0.462 e. The number of ether oxygens (including phenoxy) is 3. The zero-order chi connectivity index (χ0) is 51.4. The summed E-state index contributed by atoms with van der Waals surface area (Å²) in [6.45, 7) is 6.49. The fourth-order valence-electron chi connectivity index (χ4n) is 8.38. The molecule has 0 radical (unpaired) electrons. The van der Waals surface area contributed by atoms with Crippen molar-refractivity contribution in [3.05, 3.63) is 85.1 Å². The second kappa shape index (κ2) is 59.2. The maximum absolute atomic E-state index is 12.8. The van der Waals surface area contributed by atoms with E-state index in [-0.39, 0.29) is 31.1 Å². The van der Waals surface area contributed by atoms with Gasteiger partial charge < -0.3 is 14.2 Å². The maximum atomic E-state index is 12.8. The topological polar surface area (TPSA) is 78.9 Å². The Morgan fingerprint density at radius 1 is 0.296 bits per heavy atom. The van der Waals surface area contributed by atoms with Gasteiger partial charge in [0.05, 0.1) is 0 Å². The SMILES string of the molecule is CC/C=C\C/C=C\C/C=C\C/C=C\C/C=C\CCCCCC(=O)OC(COC(=O)CCCCCCCCCCC)COC(=O)CCCCCCCCCCCCCCC/C=C\C/C=C\CCCCCCC. The van der Waals surface area contributed by atoms with Crippen LogP contribution in [0.2, 0.25) is 0 Å². The van der Waals surface area contributed by atoms with Crippen LogP contribution in [0.1, 0.15) is 290 Å². The van der Waals surface area contributed by atoms with Crippen molar-refractivity contribution >= 4 is 17.9 Å². The van der Waals surface area contributed by atoms with Crippen LogP contribution in [0.4, 0.5) is 0 Å². The van der Waals surface area contributed by atoms with Crippen molar-refractivity contribution in [1.29, 1.82) is 0 Å². The molecule has 0 amide bonds. The second-order valence-corrected chi connectivity index (χ2v) is 19.9. The smallest absolute Gasteiger partial charge is 0.306 e. The molecule has 0 N–H and O–H groups in total. The molecule has 0 aliphatic heterocycles. The average Bonchev–Trinajstić information content (AvgIpc) is 3.37. The highest BCUT2D eigenvalue weighted by atomic mass is 16.6. The lowest BCUT2D eigenvalue weighted by atomic mass is 10.0. The van der Waals surface area contributed by atoms with Crippen molar-refractivity contribution in [2.75, 3.05) is 13.2 Å². The Morgan fingerprint density at radius 3 is 0.873 bits per heavy atom. The summed E-state index contributed by atoms with van der Waals surface area (Å²) in [5.41, 5.74) is 0. The highest BCUT2D eigenvalue weighted by Gasteiger charge is 2.19. The summed E-state index contributed by atoms with van der Waals surface area (Å²) in [6.07, 6.45) is 77.4. The van der Waals surface area contributed by atoms with Crippen molar-refractivity contribution < 1.29 is 28.6 Å². The molecule has 71 heavy (non-hydrogen) atoms. The fourth-order valence-corrected chi connectivity index (χ4v) is 8.38. The van der Waals surface area contributed by atoms with Gasteiger partial charge in [0.25, 0.3) is 0 Å². The first-order valence-electron chi connectivity index (χ1n) is 30.1. The van der Waals surface area contributed by atoms with Gasteiger partial charge in [-0.15, -0.1) is 0 Å². The summed E-state index contributed by atoms with van der Waals surface area (Å²) < 4.78 is 16.8. The lowest BCUT2D eigenvalue weighted by Gasteiger charge is -2.18. The van der Waals surface area contributed by atoms with Crippen LogP contribution in [0.15, 0.2) is 85.1 Å². The number of esters is 3. The van der Waals surface area contributed by atoms with E-state index in [9.17, 15) is 14.4 Å². The van der Waals surface area contributed by atoms with Gasteiger partial charge in [0.1, 0.15) is 13.2 Å². The van der Waals surface area contributed by atoms with Crippen molar-refractivity contribution in [3.63, 3.8) is 0 Å². The number of carbonyl (C=O) groups excluding carboxylic acids is 3. The summed E-state index contributed by atoms with van der Waals surface area (Å²) in [5.74, 6) is -0.917. The van der Waals surface area contributed by atoms with Gasteiger partial charge in [0, 0.05) is 19.3 Å². The molecule has 6 nitrogen and oxygen atoms in total. The van der Waals surface area contributed by atoms with Crippen LogP contribution >= 0.6 is 0 Å². The minimum atomic E-state index is -0.792. The molecule has 0 heterocycles. The summed E-state index contributed by atoms with van der Waals surface area (Å²) in [4.78, 5) is 38.1. The molecular formula is C65H112O6. The lowest BCUT2D eigenvalue weighted by Crippen LogP contribution is -2.30. The van der Waals surface area contributed by atoms with E-state index in [4.69, 9.17) is 14.2 Å². The highest BCUT2D eigenvalue weighted by Crippen LogP contribution is 2.16. The van der Waals surface area contributed by atoms with Gasteiger partial charge in [0.2, 0.25) is 0 Å². The molecule has 0 aromatic rings. The van der Waals surface area contributed by atoms with Crippen LogP contribution in [-0.4, -0.2) is 37.2 Å². The van der Waals surface area contributed by atoms with Gasteiger partial charge in [0.15, 0.2) is 6.10 Å². The second-order valence-electron chi connectivity index (χ2n) is 19.9. The molecule has 6 heteroatoms.